The number of nitrogens with one attached hydrogen (secondary N) is 2. The topological polar surface area (TPSA) is 145 Å². The lowest BCUT2D eigenvalue weighted by atomic mass is 9.81. The maximum absolute atomic E-state index is 11.8. The molecule has 0 aromatic heterocycles. The first-order chi connectivity index (χ1) is 10.3. The van der Waals surface area contributed by atoms with Crippen molar-refractivity contribution in [1.82, 2.24) is 10.6 Å². The second-order valence-electron chi connectivity index (χ2n) is 5.92. The molecule has 1 amide bonds. The van der Waals surface area contributed by atoms with Gasteiger partial charge in [-0.15, -0.1) is 0 Å². The summed E-state index contributed by atoms with van der Waals surface area (Å²) in [4.78, 5) is 23.4. The van der Waals surface area contributed by atoms with Crippen LogP contribution >= 0.6 is 0 Å². The Labute approximate surface area is 130 Å². The number of carboxylic acids is 1. The third-order valence-electron chi connectivity index (χ3n) is 4.13. The average Bonchev–Trinajstić information content (AvgIpc) is 2.87. The van der Waals surface area contributed by atoms with E-state index in [1.54, 1.807) is 0 Å². The Balaban J connectivity index is 2.52. The van der Waals surface area contributed by atoms with Gasteiger partial charge in [0.15, 0.2) is 0 Å². The van der Waals surface area contributed by atoms with Crippen molar-refractivity contribution in [2.75, 3.05) is 6.54 Å². The van der Waals surface area contributed by atoms with Crippen LogP contribution < -0.4 is 16.4 Å². The van der Waals surface area contributed by atoms with Crippen LogP contribution in [0.4, 0.5) is 0 Å². The minimum absolute atomic E-state index is 0.223. The number of amides is 1. The van der Waals surface area contributed by atoms with Gasteiger partial charge in [-0.1, -0.05) is 19.8 Å². The third-order valence-corrected chi connectivity index (χ3v) is 4.13. The minimum atomic E-state index is -1.36. The van der Waals surface area contributed by atoms with Crippen LogP contribution in [0.15, 0.2) is 0 Å². The summed E-state index contributed by atoms with van der Waals surface area (Å²) in [6, 6.07) is -0.837. The molecule has 3 atom stereocenters. The van der Waals surface area contributed by atoms with Crippen molar-refractivity contribution in [2.24, 2.45) is 5.73 Å². The Morgan fingerprint density at radius 3 is 2.68 bits per heavy atom. The van der Waals surface area contributed by atoms with Crippen LogP contribution in [0.1, 0.15) is 39.0 Å². The summed E-state index contributed by atoms with van der Waals surface area (Å²) < 4.78 is 0. The number of carbonyl (C=O) groups is 2. The molecule has 0 aromatic rings. The zero-order valence-electron chi connectivity index (χ0n) is 12.9. The van der Waals surface area contributed by atoms with Gasteiger partial charge in [-0.3, -0.25) is 14.9 Å². The van der Waals surface area contributed by atoms with Gasteiger partial charge in [-0.05, 0) is 25.6 Å². The Morgan fingerprint density at radius 2 is 2.14 bits per heavy atom. The van der Waals surface area contributed by atoms with E-state index in [2.05, 4.69) is 10.6 Å². The van der Waals surface area contributed by atoms with Crippen molar-refractivity contribution in [2.45, 2.75) is 63.0 Å². The number of carbonyl (C=O) groups excluding carboxylic acids is 1. The highest BCUT2D eigenvalue weighted by atomic mass is 16.4. The van der Waals surface area contributed by atoms with Crippen molar-refractivity contribution in [3.05, 3.63) is 0 Å². The first kappa shape index (κ1) is 18.9. The smallest absolute Gasteiger partial charge is 0.451 e. The molecule has 22 heavy (non-hydrogen) atoms. The molecule has 1 unspecified atom stereocenters. The van der Waals surface area contributed by atoms with Crippen LogP contribution in [0.2, 0.25) is 6.32 Å². The van der Waals surface area contributed by atoms with Crippen molar-refractivity contribution in [3.63, 3.8) is 0 Å². The first-order valence-electron chi connectivity index (χ1n) is 7.71. The quantitative estimate of drug-likeness (QED) is 0.228. The Hall–Kier alpha value is -1.16. The fraction of sp³-hybridized carbons (Fsp3) is 0.846. The molecule has 1 saturated heterocycles. The van der Waals surface area contributed by atoms with Crippen molar-refractivity contribution in [1.29, 1.82) is 0 Å². The summed E-state index contributed by atoms with van der Waals surface area (Å²) in [6.45, 7) is 2.20. The highest BCUT2D eigenvalue weighted by Gasteiger charge is 2.45. The number of carboxylic acid groups (broad SMARTS) is 1. The number of rotatable bonds is 9. The predicted molar refractivity (Wildman–Crippen MR) is 82.0 cm³/mol. The molecule has 1 rings (SSSR count). The van der Waals surface area contributed by atoms with E-state index < -0.39 is 24.7 Å². The molecule has 0 aromatic carbocycles. The van der Waals surface area contributed by atoms with Crippen molar-refractivity contribution < 1.29 is 24.7 Å². The second kappa shape index (κ2) is 8.47. The normalized spacial score (nSPS) is 25.7. The molecule has 0 saturated carbocycles. The lowest BCUT2D eigenvalue weighted by molar-refractivity contribution is -0.144. The molecule has 0 aliphatic carbocycles. The molecule has 0 bridgehead atoms. The molecule has 1 aliphatic rings. The van der Waals surface area contributed by atoms with E-state index in [1.807, 2.05) is 6.92 Å². The Bertz CT molecular complexity index is 396. The summed E-state index contributed by atoms with van der Waals surface area (Å²) in [7, 11) is -1.36. The molecule has 1 fully saturated rings. The molecule has 7 N–H and O–H groups in total. The molecule has 1 heterocycles. The minimum Gasteiger partial charge on any atom is -0.480 e. The largest absolute Gasteiger partial charge is 0.480 e. The van der Waals surface area contributed by atoms with Gasteiger partial charge in [0, 0.05) is 12.6 Å². The van der Waals surface area contributed by atoms with Crippen LogP contribution in [0.3, 0.4) is 0 Å². The maximum atomic E-state index is 11.8. The molecule has 8 nitrogen and oxygen atoms in total. The molecule has 0 radical (unpaired) electrons. The van der Waals surface area contributed by atoms with E-state index in [-0.39, 0.29) is 18.3 Å². The summed E-state index contributed by atoms with van der Waals surface area (Å²) in [6.07, 6.45) is 2.52. The number of unbranched alkanes of at least 4 members (excludes halogenated alkanes) is 1. The summed E-state index contributed by atoms with van der Waals surface area (Å²) >= 11 is 0. The second-order valence-corrected chi connectivity index (χ2v) is 5.92. The average molecular weight is 315 g/mol. The van der Waals surface area contributed by atoms with Crippen molar-refractivity contribution >= 4 is 19.0 Å². The van der Waals surface area contributed by atoms with Gasteiger partial charge in [0.05, 0.1) is 6.04 Å². The van der Waals surface area contributed by atoms with E-state index in [0.29, 0.717) is 38.6 Å². The van der Waals surface area contributed by atoms with Gasteiger partial charge in [0.2, 0.25) is 5.91 Å². The van der Waals surface area contributed by atoms with Gasteiger partial charge in [-0.2, -0.15) is 0 Å². The van der Waals surface area contributed by atoms with Crippen LogP contribution in [0.25, 0.3) is 0 Å². The monoisotopic (exact) mass is 315 g/mol. The predicted octanol–water partition coefficient (Wildman–Crippen LogP) is -1.33. The first-order valence-corrected chi connectivity index (χ1v) is 7.71. The summed E-state index contributed by atoms with van der Waals surface area (Å²) in [5, 5.41) is 32.8. The lowest BCUT2D eigenvalue weighted by Crippen LogP contribution is -2.48. The maximum Gasteiger partial charge on any atom is 0.451 e. The van der Waals surface area contributed by atoms with Crippen LogP contribution in [-0.4, -0.2) is 58.3 Å². The van der Waals surface area contributed by atoms with Crippen molar-refractivity contribution in [3.8, 4) is 0 Å². The van der Waals surface area contributed by atoms with E-state index >= 15 is 0 Å². The Kier molecular flexibility index (Phi) is 7.27. The Morgan fingerprint density at radius 1 is 1.45 bits per heavy atom. The third kappa shape index (κ3) is 5.24. The van der Waals surface area contributed by atoms with Gasteiger partial charge < -0.3 is 26.2 Å². The molecule has 126 valence electrons. The lowest BCUT2D eigenvalue weighted by Gasteiger charge is -2.25. The molecular formula is C13H26BN3O5. The summed E-state index contributed by atoms with van der Waals surface area (Å²) in [5.74, 6) is -1.22. The zero-order valence-corrected chi connectivity index (χ0v) is 12.9. The molecule has 0 spiro atoms. The molecule has 9 heteroatoms. The van der Waals surface area contributed by atoms with E-state index in [4.69, 9.17) is 15.8 Å². The highest BCUT2D eigenvalue weighted by molar-refractivity contribution is 6.40. The van der Waals surface area contributed by atoms with Gasteiger partial charge in [0.1, 0.15) is 5.54 Å². The molecule has 1 aliphatic heterocycles. The fourth-order valence-corrected chi connectivity index (χ4v) is 2.69. The standard InChI is InChI=1S/C13H26BN3O5/c1-2-10(15)11(18)17-9-7-13(12(19)20,16-8-9)5-3-4-6-14(21)22/h9-10,16,21-22H,2-8,15H2,1H3,(H,17,18)(H,19,20)/t9-,10?,13-/m1/s1. The number of hydrogen-bond donors (Lipinski definition) is 6. The van der Waals surface area contributed by atoms with Crippen LogP contribution in [-0.2, 0) is 9.59 Å². The van der Waals surface area contributed by atoms with Gasteiger partial charge >= 0.3 is 13.1 Å². The fourth-order valence-electron chi connectivity index (χ4n) is 2.69. The highest BCUT2D eigenvalue weighted by Crippen LogP contribution is 2.26. The SMILES string of the molecule is CCC(N)C(=O)N[C@H]1CN[C@@](CCCCB(O)O)(C(=O)O)C1. The number of hydrogen-bond acceptors (Lipinski definition) is 6. The van der Waals surface area contributed by atoms with Gasteiger partial charge in [0.25, 0.3) is 0 Å². The van der Waals surface area contributed by atoms with Gasteiger partial charge in [-0.25, -0.2) is 0 Å². The zero-order chi connectivity index (χ0) is 16.8. The van der Waals surface area contributed by atoms with Crippen LogP contribution in [0.5, 0.6) is 0 Å². The molecular weight excluding hydrogens is 289 g/mol. The number of aliphatic carboxylic acids is 1. The van der Waals surface area contributed by atoms with E-state index in [1.165, 1.54) is 0 Å². The van der Waals surface area contributed by atoms with E-state index in [0.717, 1.165) is 0 Å². The summed E-state index contributed by atoms with van der Waals surface area (Å²) in [5.41, 5.74) is 4.58. The van der Waals surface area contributed by atoms with Crippen LogP contribution in [0, 0.1) is 0 Å². The van der Waals surface area contributed by atoms with E-state index in [9.17, 15) is 14.7 Å². The number of nitrogens with two attached hydrogens (primary N) is 1.